The predicted octanol–water partition coefficient (Wildman–Crippen LogP) is 3.32. The Morgan fingerprint density at radius 1 is 1.35 bits per heavy atom. The van der Waals surface area contributed by atoms with Crippen LogP contribution in [0.1, 0.15) is 22.7 Å². The zero-order chi connectivity index (χ0) is 14.4. The molecule has 1 aromatic carbocycles. The van der Waals surface area contributed by atoms with Crippen LogP contribution in [-0.2, 0) is 11.3 Å². The Bertz CT molecular complexity index is 554. The molecule has 0 saturated carbocycles. The zero-order valence-electron chi connectivity index (χ0n) is 11.5. The van der Waals surface area contributed by atoms with Gasteiger partial charge in [0.25, 0.3) is 0 Å². The normalized spacial score (nSPS) is 10.4. The van der Waals surface area contributed by atoms with Crippen LogP contribution in [0.25, 0.3) is 0 Å². The van der Waals surface area contributed by atoms with Gasteiger partial charge in [0.2, 0.25) is 0 Å². The average molecular weight is 290 g/mol. The summed E-state index contributed by atoms with van der Waals surface area (Å²) in [6.45, 7) is 3.49. The Balaban J connectivity index is 2.05. The summed E-state index contributed by atoms with van der Waals surface area (Å²) in [4.78, 5) is 18.3. The van der Waals surface area contributed by atoms with E-state index in [9.17, 15) is 4.79 Å². The lowest BCUT2D eigenvalue weighted by Gasteiger charge is -2.23. The van der Waals surface area contributed by atoms with E-state index < -0.39 is 5.97 Å². The Labute approximate surface area is 122 Å². The van der Waals surface area contributed by atoms with Crippen molar-refractivity contribution in [3.05, 3.63) is 46.4 Å². The summed E-state index contributed by atoms with van der Waals surface area (Å²) in [5, 5.41) is 9.82. The molecule has 4 nitrogen and oxygen atoms in total. The van der Waals surface area contributed by atoms with Crippen LogP contribution in [0.2, 0.25) is 0 Å². The number of hydrogen-bond acceptors (Lipinski definition) is 4. The van der Waals surface area contributed by atoms with Crippen LogP contribution in [0.5, 0.6) is 0 Å². The largest absolute Gasteiger partial charge is 0.481 e. The summed E-state index contributed by atoms with van der Waals surface area (Å²) in [5.74, 6) is -0.744. The molecule has 0 atom stereocenters. The maximum Gasteiger partial charge on any atom is 0.303 e. The molecule has 2 rings (SSSR count). The second-order valence-electron chi connectivity index (χ2n) is 4.60. The van der Waals surface area contributed by atoms with Crippen molar-refractivity contribution in [1.82, 2.24) is 4.98 Å². The molecule has 0 aliphatic carbocycles. The van der Waals surface area contributed by atoms with Gasteiger partial charge in [-0.3, -0.25) is 4.79 Å². The van der Waals surface area contributed by atoms with Crippen molar-refractivity contribution in [2.75, 3.05) is 11.4 Å². The number of aryl methyl sites for hydroxylation is 1. The van der Waals surface area contributed by atoms with E-state index >= 15 is 0 Å². The fourth-order valence-electron chi connectivity index (χ4n) is 2.03. The molecule has 0 aliphatic rings. The van der Waals surface area contributed by atoms with Crippen LogP contribution < -0.4 is 4.90 Å². The monoisotopic (exact) mass is 290 g/mol. The molecule has 5 heteroatoms. The van der Waals surface area contributed by atoms with E-state index in [1.54, 1.807) is 11.3 Å². The van der Waals surface area contributed by atoms with E-state index in [0.29, 0.717) is 6.42 Å². The maximum atomic E-state index is 10.7. The molecule has 0 fully saturated rings. The lowest BCUT2D eigenvalue weighted by atomic mass is 10.2. The summed E-state index contributed by atoms with van der Waals surface area (Å²) in [6, 6.07) is 10.1. The molecule has 2 aromatic rings. The summed E-state index contributed by atoms with van der Waals surface area (Å²) in [7, 11) is 0. The number of para-hydroxylation sites is 1. The number of hydrogen-bond donors (Lipinski definition) is 1. The molecular weight excluding hydrogens is 272 g/mol. The number of thiazole rings is 1. The number of carboxylic acids is 1. The van der Waals surface area contributed by atoms with E-state index in [1.165, 1.54) is 4.88 Å². The predicted molar refractivity (Wildman–Crippen MR) is 81.2 cm³/mol. The minimum atomic E-state index is -0.744. The molecule has 0 amide bonds. The van der Waals surface area contributed by atoms with Gasteiger partial charge in [0.1, 0.15) is 0 Å². The van der Waals surface area contributed by atoms with Crippen LogP contribution in [0.15, 0.2) is 36.5 Å². The van der Waals surface area contributed by atoms with E-state index in [4.69, 9.17) is 5.11 Å². The van der Waals surface area contributed by atoms with Gasteiger partial charge in [-0.25, -0.2) is 4.98 Å². The fourth-order valence-corrected chi connectivity index (χ4v) is 2.84. The van der Waals surface area contributed by atoms with E-state index in [-0.39, 0.29) is 6.42 Å². The van der Waals surface area contributed by atoms with Gasteiger partial charge in [-0.1, -0.05) is 18.2 Å². The Hall–Kier alpha value is -1.88. The van der Waals surface area contributed by atoms with Gasteiger partial charge in [0.05, 0.1) is 11.6 Å². The van der Waals surface area contributed by atoms with Gasteiger partial charge in [0.15, 0.2) is 0 Å². The third-order valence-corrected chi connectivity index (χ3v) is 3.85. The molecule has 0 saturated heterocycles. The maximum absolute atomic E-state index is 10.7. The highest BCUT2D eigenvalue weighted by molar-refractivity contribution is 7.11. The van der Waals surface area contributed by atoms with E-state index in [1.807, 2.05) is 31.3 Å². The first-order chi connectivity index (χ1) is 9.65. The first kappa shape index (κ1) is 14.5. The summed E-state index contributed by atoms with van der Waals surface area (Å²) >= 11 is 1.68. The summed E-state index contributed by atoms with van der Waals surface area (Å²) < 4.78 is 0. The molecule has 0 radical (unpaired) electrons. The van der Waals surface area contributed by atoms with Crippen LogP contribution in [0.3, 0.4) is 0 Å². The van der Waals surface area contributed by atoms with Gasteiger partial charge in [-0.15, -0.1) is 11.3 Å². The van der Waals surface area contributed by atoms with Crippen molar-refractivity contribution in [1.29, 1.82) is 0 Å². The van der Waals surface area contributed by atoms with Crippen LogP contribution in [0, 0.1) is 6.92 Å². The highest BCUT2D eigenvalue weighted by Gasteiger charge is 2.10. The SMILES string of the molecule is Cc1ncc(CN(CCCC(=O)O)c2ccccc2)s1. The van der Waals surface area contributed by atoms with Gasteiger partial charge in [0, 0.05) is 29.7 Å². The third-order valence-electron chi connectivity index (χ3n) is 2.96. The molecule has 1 heterocycles. The zero-order valence-corrected chi connectivity index (χ0v) is 12.3. The summed E-state index contributed by atoms with van der Waals surface area (Å²) in [5.41, 5.74) is 1.11. The molecule has 0 unspecified atom stereocenters. The number of aromatic nitrogens is 1. The molecule has 0 aliphatic heterocycles. The van der Waals surface area contributed by atoms with Crippen molar-refractivity contribution in [2.24, 2.45) is 0 Å². The van der Waals surface area contributed by atoms with Gasteiger partial charge >= 0.3 is 5.97 Å². The molecule has 1 N–H and O–H groups in total. The van der Waals surface area contributed by atoms with Crippen molar-refractivity contribution in [3.63, 3.8) is 0 Å². The topological polar surface area (TPSA) is 53.4 Å². The molecule has 20 heavy (non-hydrogen) atoms. The number of carbonyl (C=O) groups is 1. The van der Waals surface area contributed by atoms with Crippen molar-refractivity contribution in [3.8, 4) is 0 Å². The molecule has 0 spiro atoms. The average Bonchev–Trinajstić information content (AvgIpc) is 2.84. The van der Waals surface area contributed by atoms with Crippen molar-refractivity contribution < 1.29 is 9.90 Å². The molecule has 106 valence electrons. The van der Waals surface area contributed by atoms with E-state index in [0.717, 1.165) is 23.8 Å². The highest BCUT2D eigenvalue weighted by Crippen LogP contribution is 2.20. The second kappa shape index (κ2) is 7.05. The molecular formula is C15H18N2O2S. The van der Waals surface area contributed by atoms with Crippen molar-refractivity contribution >= 4 is 23.0 Å². The number of carboxylic acid groups (broad SMARTS) is 1. The van der Waals surface area contributed by atoms with Gasteiger partial charge < -0.3 is 10.0 Å². The van der Waals surface area contributed by atoms with Gasteiger partial charge in [-0.2, -0.15) is 0 Å². The number of benzene rings is 1. The second-order valence-corrected chi connectivity index (χ2v) is 5.92. The quantitative estimate of drug-likeness (QED) is 0.850. The summed E-state index contributed by atoms with van der Waals surface area (Å²) in [6.07, 6.45) is 2.74. The highest BCUT2D eigenvalue weighted by atomic mass is 32.1. The number of rotatable bonds is 7. The minimum Gasteiger partial charge on any atom is -0.481 e. The number of aliphatic carboxylic acids is 1. The van der Waals surface area contributed by atoms with Crippen LogP contribution in [-0.4, -0.2) is 22.6 Å². The van der Waals surface area contributed by atoms with Crippen LogP contribution in [0.4, 0.5) is 5.69 Å². The fraction of sp³-hybridized carbons (Fsp3) is 0.333. The lowest BCUT2D eigenvalue weighted by molar-refractivity contribution is -0.137. The Morgan fingerprint density at radius 2 is 2.10 bits per heavy atom. The van der Waals surface area contributed by atoms with Crippen molar-refractivity contribution in [2.45, 2.75) is 26.3 Å². The number of anilines is 1. The smallest absolute Gasteiger partial charge is 0.303 e. The first-order valence-corrected chi connectivity index (χ1v) is 7.40. The lowest BCUT2D eigenvalue weighted by Crippen LogP contribution is -2.23. The minimum absolute atomic E-state index is 0.199. The third kappa shape index (κ3) is 4.35. The van der Waals surface area contributed by atoms with Gasteiger partial charge in [-0.05, 0) is 25.5 Å². The Kier molecular flexibility index (Phi) is 5.12. The van der Waals surface area contributed by atoms with E-state index in [2.05, 4.69) is 22.0 Å². The number of nitrogens with zero attached hydrogens (tertiary/aromatic N) is 2. The van der Waals surface area contributed by atoms with Crippen LogP contribution >= 0.6 is 11.3 Å². The standard InChI is InChI=1S/C15H18N2O2S/c1-12-16-10-14(20-12)11-17(9-5-8-15(18)19)13-6-3-2-4-7-13/h2-4,6-7,10H,5,8-9,11H2,1H3,(H,18,19). The first-order valence-electron chi connectivity index (χ1n) is 6.58. The molecule has 1 aromatic heterocycles. The Morgan fingerprint density at radius 3 is 2.70 bits per heavy atom. The molecule has 0 bridgehead atoms.